The number of aromatic nitrogens is 1. The van der Waals surface area contributed by atoms with Crippen molar-refractivity contribution < 1.29 is 4.74 Å². The smallest absolute Gasteiger partial charge is 0.128 e. The van der Waals surface area contributed by atoms with Gasteiger partial charge in [0.05, 0.1) is 6.61 Å². The maximum absolute atomic E-state index is 5.80. The lowest BCUT2D eigenvalue weighted by Gasteiger charge is -2.25. The number of anilines is 1. The van der Waals surface area contributed by atoms with Crippen LogP contribution in [0.4, 0.5) is 5.82 Å². The average molecular weight is 265 g/mol. The Balaban J connectivity index is 2.72. The van der Waals surface area contributed by atoms with Gasteiger partial charge in [-0.3, -0.25) is 0 Å². The van der Waals surface area contributed by atoms with Crippen LogP contribution in [0.15, 0.2) is 18.3 Å². The van der Waals surface area contributed by atoms with Crippen LogP contribution in [0.3, 0.4) is 0 Å². The number of hydrogen-bond donors (Lipinski definition) is 1. The fraction of sp³-hybridized carbons (Fsp3) is 0.667. The van der Waals surface area contributed by atoms with Crippen LogP contribution in [0.1, 0.15) is 26.3 Å². The normalized spacial score (nSPS) is 12.7. The van der Waals surface area contributed by atoms with Gasteiger partial charge >= 0.3 is 0 Å². The largest absolute Gasteiger partial charge is 0.383 e. The van der Waals surface area contributed by atoms with Crippen molar-refractivity contribution in [3.8, 4) is 0 Å². The van der Waals surface area contributed by atoms with Crippen LogP contribution in [-0.4, -0.2) is 37.8 Å². The predicted molar refractivity (Wildman–Crippen MR) is 80.5 cm³/mol. The SMILES string of the molecule is COCCN(CC(C)C)c1ccc(CC(C)N)cn1. The van der Waals surface area contributed by atoms with Crippen LogP contribution in [-0.2, 0) is 11.2 Å². The first-order valence-corrected chi connectivity index (χ1v) is 6.97. The monoisotopic (exact) mass is 265 g/mol. The molecule has 0 fully saturated rings. The lowest BCUT2D eigenvalue weighted by atomic mass is 10.1. The molecule has 1 atom stereocenters. The molecule has 0 aliphatic heterocycles. The number of methoxy groups -OCH3 is 1. The molecule has 1 rings (SSSR count). The quantitative estimate of drug-likeness (QED) is 0.782. The highest BCUT2D eigenvalue weighted by molar-refractivity contribution is 5.39. The highest BCUT2D eigenvalue weighted by atomic mass is 16.5. The average Bonchev–Trinajstić information content (AvgIpc) is 2.34. The van der Waals surface area contributed by atoms with E-state index in [0.717, 1.165) is 31.9 Å². The van der Waals surface area contributed by atoms with E-state index in [1.54, 1.807) is 7.11 Å². The van der Waals surface area contributed by atoms with Crippen molar-refractivity contribution in [1.29, 1.82) is 0 Å². The molecule has 1 aromatic rings. The standard InChI is InChI=1S/C15H27N3O/c1-12(2)11-18(7-8-19-4)15-6-5-14(10-17-15)9-13(3)16/h5-6,10,12-13H,7-9,11,16H2,1-4H3. The number of pyridine rings is 1. The highest BCUT2D eigenvalue weighted by Gasteiger charge is 2.10. The van der Waals surface area contributed by atoms with Crippen molar-refractivity contribution in [3.63, 3.8) is 0 Å². The molecule has 1 unspecified atom stereocenters. The van der Waals surface area contributed by atoms with E-state index in [-0.39, 0.29) is 6.04 Å². The third kappa shape index (κ3) is 6.03. The summed E-state index contributed by atoms with van der Waals surface area (Å²) >= 11 is 0. The van der Waals surface area contributed by atoms with Crippen molar-refractivity contribution >= 4 is 5.82 Å². The zero-order chi connectivity index (χ0) is 14.3. The summed E-state index contributed by atoms with van der Waals surface area (Å²) in [4.78, 5) is 6.82. The second-order valence-electron chi connectivity index (χ2n) is 5.54. The first kappa shape index (κ1) is 15.9. The minimum Gasteiger partial charge on any atom is -0.383 e. The molecule has 0 bridgehead atoms. The Labute approximate surface area is 117 Å². The van der Waals surface area contributed by atoms with E-state index >= 15 is 0 Å². The van der Waals surface area contributed by atoms with E-state index < -0.39 is 0 Å². The number of hydrogen-bond acceptors (Lipinski definition) is 4. The summed E-state index contributed by atoms with van der Waals surface area (Å²) < 4.78 is 5.17. The Bertz CT molecular complexity index is 349. The summed E-state index contributed by atoms with van der Waals surface area (Å²) in [5.74, 6) is 1.61. The molecule has 0 aliphatic rings. The molecule has 0 spiro atoms. The summed E-state index contributed by atoms with van der Waals surface area (Å²) in [5, 5.41) is 0. The van der Waals surface area contributed by atoms with Gasteiger partial charge in [0.2, 0.25) is 0 Å². The molecule has 4 nitrogen and oxygen atoms in total. The molecule has 0 radical (unpaired) electrons. The molecular formula is C15H27N3O. The molecule has 2 N–H and O–H groups in total. The molecule has 108 valence electrons. The minimum atomic E-state index is 0.174. The molecular weight excluding hydrogens is 238 g/mol. The van der Waals surface area contributed by atoms with E-state index in [2.05, 4.69) is 35.9 Å². The zero-order valence-electron chi connectivity index (χ0n) is 12.6. The van der Waals surface area contributed by atoms with Crippen LogP contribution in [0.25, 0.3) is 0 Å². The Hall–Kier alpha value is -1.13. The highest BCUT2D eigenvalue weighted by Crippen LogP contribution is 2.14. The molecule has 0 amide bonds. The Kier molecular flexibility index (Phi) is 6.81. The molecule has 0 saturated heterocycles. The van der Waals surface area contributed by atoms with E-state index in [0.29, 0.717) is 5.92 Å². The van der Waals surface area contributed by atoms with Gasteiger partial charge in [-0.25, -0.2) is 4.98 Å². The topological polar surface area (TPSA) is 51.4 Å². The third-order valence-electron chi connectivity index (χ3n) is 2.84. The molecule has 0 aliphatic carbocycles. The van der Waals surface area contributed by atoms with E-state index in [1.165, 1.54) is 5.56 Å². The lowest BCUT2D eigenvalue weighted by molar-refractivity contribution is 0.204. The summed E-state index contributed by atoms with van der Waals surface area (Å²) in [6.45, 7) is 9.01. The molecule has 19 heavy (non-hydrogen) atoms. The molecule has 0 aromatic carbocycles. The van der Waals surface area contributed by atoms with Gasteiger partial charge in [0.15, 0.2) is 0 Å². The zero-order valence-corrected chi connectivity index (χ0v) is 12.6. The van der Waals surface area contributed by atoms with Gasteiger partial charge in [0, 0.05) is 32.4 Å². The number of rotatable bonds is 8. The summed E-state index contributed by atoms with van der Waals surface area (Å²) in [6, 6.07) is 4.37. The maximum Gasteiger partial charge on any atom is 0.128 e. The van der Waals surface area contributed by atoms with Crippen molar-refractivity contribution in [1.82, 2.24) is 4.98 Å². The first-order chi connectivity index (χ1) is 9.02. The van der Waals surface area contributed by atoms with Crippen molar-refractivity contribution in [2.24, 2.45) is 11.7 Å². The van der Waals surface area contributed by atoms with E-state index in [4.69, 9.17) is 10.5 Å². The maximum atomic E-state index is 5.80. The van der Waals surface area contributed by atoms with Gasteiger partial charge in [0.25, 0.3) is 0 Å². The van der Waals surface area contributed by atoms with E-state index in [9.17, 15) is 0 Å². The van der Waals surface area contributed by atoms with Gasteiger partial charge < -0.3 is 15.4 Å². The van der Waals surface area contributed by atoms with Crippen LogP contribution >= 0.6 is 0 Å². The summed E-state index contributed by atoms with van der Waals surface area (Å²) in [5.41, 5.74) is 6.99. The second-order valence-corrected chi connectivity index (χ2v) is 5.54. The minimum absolute atomic E-state index is 0.174. The van der Waals surface area contributed by atoms with E-state index in [1.807, 2.05) is 13.1 Å². The third-order valence-corrected chi connectivity index (χ3v) is 2.84. The van der Waals surface area contributed by atoms with Crippen LogP contribution in [0.2, 0.25) is 0 Å². The van der Waals surface area contributed by atoms with Crippen LogP contribution in [0, 0.1) is 5.92 Å². The van der Waals surface area contributed by atoms with Crippen molar-refractivity contribution in [2.45, 2.75) is 33.2 Å². The van der Waals surface area contributed by atoms with Crippen LogP contribution < -0.4 is 10.6 Å². The fourth-order valence-corrected chi connectivity index (χ4v) is 2.04. The first-order valence-electron chi connectivity index (χ1n) is 6.97. The van der Waals surface area contributed by atoms with Crippen molar-refractivity contribution in [2.75, 3.05) is 31.7 Å². The van der Waals surface area contributed by atoms with Gasteiger partial charge in [-0.05, 0) is 30.9 Å². The second kappa shape index (κ2) is 8.12. The predicted octanol–water partition coefficient (Wildman–Crippen LogP) is 2.08. The molecule has 1 aromatic heterocycles. The molecule has 0 saturated carbocycles. The lowest BCUT2D eigenvalue weighted by Crippen LogP contribution is -2.31. The summed E-state index contributed by atoms with van der Waals surface area (Å²) in [6.07, 6.45) is 2.80. The fourth-order valence-electron chi connectivity index (χ4n) is 2.04. The molecule has 1 heterocycles. The van der Waals surface area contributed by atoms with Gasteiger partial charge in [-0.1, -0.05) is 19.9 Å². The van der Waals surface area contributed by atoms with Crippen LogP contribution in [0.5, 0.6) is 0 Å². The number of ether oxygens (including phenoxy) is 1. The Morgan fingerprint density at radius 2 is 2.05 bits per heavy atom. The number of nitrogens with zero attached hydrogens (tertiary/aromatic N) is 2. The van der Waals surface area contributed by atoms with Gasteiger partial charge in [-0.2, -0.15) is 0 Å². The molecule has 4 heteroatoms. The Morgan fingerprint density at radius 3 is 2.53 bits per heavy atom. The number of nitrogens with two attached hydrogens (primary N) is 1. The van der Waals surface area contributed by atoms with Gasteiger partial charge in [-0.15, -0.1) is 0 Å². The van der Waals surface area contributed by atoms with Crippen molar-refractivity contribution in [3.05, 3.63) is 23.9 Å². The summed E-state index contributed by atoms with van der Waals surface area (Å²) in [7, 11) is 1.73. The Morgan fingerprint density at radius 1 is 1.32 bits per heavy atom. The van der Waals surface area contributed by atoms with Gasteiger partial charge in [0.1, 0.15) is 5.82 Å².